The molecular formula is C73H98Br2O18. The summed E-state index contributed by atoms with van der Waals surface area (Å²) >= 11 is 7.55. The molecule has 0 unspecified atom stereocenters. The van der Waals surface area contributed by atoms with Crippen molar-refractivity contribution in [2.45, 2.75) is 104 Å². The van der Waals surface area contributed by atoms with Gasteiger partial charge in [0.1, 0.15) is 117 Å². The lowest BCUT2D eigenvalue weighted by atomic mass is 10.1. The Labute approximate surface area is 568 Å². The first kappa shape index (κ1) is 76.0. The third-order valence-electron chi connectivity index (χ3n) is 14.2. The van der Waals surface area contributed by atoms with Crippen LogP contribution in [0, 0.1) is 0 Å². The lowest BCUT2D eigenvalue weighted by molar-refractivity contribution is 0.0532. The number of ether oxygens (including phenoxy) is 18. The Morgan fingerprint density at radius 2 is 0.484 bits per heavy atom. The minimum absolute atomic E-state index is 0.176. The van der Waals surface area contributed by atoms with Gasteiger partial charge in [0.25, 0.3) is 0 Å². The van der Waals surface area contributed by atoms with E-state index in [1.807, 2.05) is 103 Å². The predicted molar refractivity (Wildman–Crippen MR) is 366 cm³/mol. The molecule has 6 aromatic rings. The van der Waals surface area contributed by atoms with E-state index in [2.05, 4.69) is 50.9 Å². The van der Waals surface area contributed by atoms with Crippen molar-refractivity contribution in [2.24, 2.45) is 0 Å². The summed E-state index contributed by atoms with van der Waals surface area (Å²) < 4.78 is 107. The third kappa shape index (κ3) is 32.8. The van der Waals surface area contributed by atoms with Crippen LogP contribution in [-0.2, 0) is 70.9 Å². The van der Waals surface area contributed by atoms with Gasteiger partial charge in [0.05, 0.1) is 85.9 Å². The zero-order valence-electron chi connectivity index (χ0n) is 55.2. The fraction of sp³-hybridized carbons (Fsp3) is 0.507. The van der Waals surface area contributed by atoms with Gasteiger partial charge in [-0.05, 0) is 120 Å². The summed E-state index contributed by atoms with van der Waals surface area (Å²) in [7, 11) is 6.55. The van der Waals surface area contributed by atoms with Crippen LogP contribution in [0.2, 0.25) is 0 Å². The van der Waals surface area contributed by atoms with Gasteiger partial charge >= 0.3 is 0 Å². The van der Waals surface area contributed by atoms with Gasteiger partial charge in [-0.25, -0.2) is 0 Å². The monoisotopic (exact) mass is 1420 g/mol. The molecule has 18 nitrogen and oxygen atoms in total. The topological polar surface area (TPSA) is 166 Å². The number of hydrogen-bond acceptors (Lipinski definition) is 18. The first-order chi connectivity index (χ1) is 45.7. The molecule has 0 amide bonds. The molecule has 0 atom stereocenters. The Hall–Kier alpha value is -6.04. The van der Waals surface area contributed by atoms with E-state index in [9.17, 15) is 0 Å². The first-order valence-corrected chi connectivity index (χ1v) is 34.0. The molecule has 0 aliphatic rings. The second-order valence-corrected chi connectivity index (χ2v) is 23.4. The minimum Gasteiger partial charge on any atom is -0.494 e. The standard InChI is InChI=1S/C73H98Br2O18/c1-6-7-8-9-10-11-12-13-14-15-24-84-62-16-18-64(19-17-62)92-55-60-47-73(75)61(48-72(60)74)56-93-65-22-20-63(21-23-65)89-52-59-45-70(90-53-57-41-66(85-37-33-80-29-25-76-2)49-67(42-57)86-38-34-81-30-26-77-3)51-71(46-59)91-54-58-43-68(87-39-35-82-31-27-78-4)50-69(44-58)88-40-36-83-32-28-79-5/h16-23,41-51H,6-15,24-40,52-56H2,1-5H3. The maximum absolute atomic E-state index is 6.55. The molecule has 0 heterocycles. The van der Waals surface area contributed by atoms with Gasteiger partial charge < -0.3 is 85.3 Å². The van der Waals surface area contributed by atoms with E-state index in [1.54, 1.807) is 28.4 Å². The molecule has 0 N–H and O–H groups in total. The first-order valence-electron chi connectivity index (χ1n) is 32.4. The molecule has 0 fully saturated rings. The van der Waals surface area contributed by atoms with Crippen molar-refractivity contribution in [3.63, 3.8) is 0 Å². The summed E-state index contributed by atoms with van der Waals surface area (Å²) in [6.45, 7) is 11.0. The predicted octanol–water partition coefficient (Wildman–Crippen LogP) is 15.6. The van der Waals surface area contributed by atoms with Gasteiger partial charge in [-0.15, -0.1) is 0 Å². The average molecular weight is 1420 g/mol. The Morgan fingerprint density at radius 1 is 0.237 bits per heavy atom. The van der Waals surface area contributed by atoms with E-state index in [4.69, 9.17) is 85.3 Å². The quantitative estimate of drug-likeness (QED) is 0.0331. The minimum atomic E-state index is 0.176. The molecule has 6 rings (SSSR count). The number of benzene rings is 6. The van der Waals surface area contributed by atoms with Gasteiger partial charge in [0, 0.05) is 66.7 Å². The zero-order valence-corrected chi connectivity index (χ0v) is 58.4. The van der Waals surface area contributed by atoms with Gasteiger partial charge in [-0.2, -0.15) is 0 Å². The number of halogens is 2. The van der Waals surface area contributed by atoms with Crippen molar-refractivity contribution in [3.8, 4) is 57.5 Å². The van der Waals surface area contributed by atoms with Crippen molar-refractivity contribution < 1.29 is 85.3 Å². The van der Waals surface area contributed by atoms with Crippen molar-refractivity contribution in [1.82, 2.24) is 0 Å². The van der Waals surface area contributed by atoms with Crippen LogP contribution < -0.4 is 47.4 Å². The second kappa shape index (κ2) is 47.8. The molecule has 0 saturated heterocycles. The molecule has 512 valence electrons. The Balaban J connectivity index is 1.08. The van der Waals surface area contributed by atoms with E-state index < -0.39 is 0 Å². The van der Waals surface area contributed by atoms with E-state index in [0.717, 1.165) is 61.3 Å². The molecule has 0 saturated carbocycles. The van der Waals surface area contributed by atoms with Crippen LogP contribution in [0.4, 0.5) is 0 Å². The van der Waals surface area contributed by atoms with Crippen molar-refractivity contribution in [1.29, 1.82) is 0 Å². The van der Waals surface area contributed by atoms with Crippen LogP contribution in [0.1, 0.15) is 98.9 Å². The summed E-state index contributed by atoms with van der Waals surface area (Å²) in [6.07, 6.45) is 13.0. The van der Waals surface area contributed by atoms with Gasteiger partial charge in [0.2, 0.25) is 0 Å². The highest BCUT2D eigenvalue weighted by molar-refractivity contribution is 9.11. The molecule has 0 aromatic heterocycles. The zero-order chi connectivity index (χ0) is 65.6. The van der Waals surface area contributed by atoms with Crippen LogP contribution >= 0.6 is 31.9 Å². The number of methoxy groups -OCH3 is 4. The Kier molecular flexibility index (Phi) is 39.0. The van der Waals surface area contributed by atoms with Crippen LogP contribution in [0.3, 0.4) is 0 Å². The lowest BCUT2D eigenvalue weighted by Gasteiger charge is -2.16. The summed E-state index contributed by atoms with van der Waals surface area (Å²) in [5.74, 6) is 6.47. The van der Waals surface area contributed by atoms with E-state index in [0.29, 0.717) is 165 Å². The highest BCUT2D eigenvalue weighted by Gasteiger charge is 2.14. The third-order valence-corrected chi connectivity index (χ3v) is 15.6. The molecule has 0 bridgehead atoms. The summed E-state index contributed by atoms with van der Waals surface area (Å²) in [4.78, 5) is 0. The molecule has 0 spiro atoms. The molecule has 0 aliphatic carbocycles. The van der Waals surface area contributed by atoms with Gasteiger partial charge in [-0.3, -0.25) is 0 Å². The molecule has 0 radical (unpaired) electrons. The van der Waals surface area contributed by atoms with Gasteiger partial charge in [-0.1, -0.05) is 96.6 Å². The molecular weight excluding hydrogens is 1320 g/mol. The van der Waals surface area contributed by atoms with E-state index >= 15 is 0 Å². The fourth-order valence-corrected chi connectivity index (χ4v) is 10.2. The summed E-state index contributed by atoms with van der Waals surface area (Å²) in [5.41, 5.74) is 4.39. The number of hydrogen-bond donors (Lipinski definition) is 0. The summed E-state index contributed by atoms with van der Waals surface area (Å²) in [5, 5.41) is 0. The van der Waals surface area contributed by atoms with Crippen LogP contribution in [-0.4, -0.2) is 141 Å². The number of rotatable bonds is 55. The van der Waals surface area contributed by atoms with E-state index in [1.165, 1.54) is 57.8 Å². The number of unbranched alkanes of at least 4 members (excludes halogenated alkanes) is 9. The highest BCUT2D eigenvalue weighted by atomic mass is 79.9. The van der Waals surface area contributed by atoms with Crippen molar-refractivity contribution in [3.05, 3.63) is 152 Å². The normalized spacial score (nSPS) is 11.2. The maximum Gasteiger partial charge on any atom is 0.123 e. The highest BCUT2D eigenvalue weighted by Crippen LogP contribution is 2.32. The van der Waals surface area contributed by atoms with E-state index in [-0.39, 0.29) is 19.8 Å². The molecule has 6 aromatic carbocycles. The lowest BCUT2D eigenvalue weighted by Crippen LogP contribution is -2.11. The maximum atomic E-state index is 6.55. The van der Waals surface area contributed by atoms with Crippen molar-refractivity contribution in [2.75, 3.05) is 141 Å². The SMILES string of the molecule is CCCCCCCCCCCCOc1ccc(OCc2cc(Br)c(COc3ccc(OCc4cc(OCc5cc(OCCOCCOC)cc(OCCOCCOC)c5)cc(OCc5cc(OCCOCCOC)cc(OCCOCCOC)c5)c4)cc3)cc2Br)cc1. The van der Waals surface area contributed by atoms with Crippen molar-refractivity contribution >= 4 is 31.9 Å². The fourth-order valence-electron chi connectivity index (χ4n) is 9.21. The Bertz CT molecular complexity index is 2740. The molecule has 0 aliphatic heterocycles. The van der Waals surface area contributed by atoms with Crippen LogP contribution in [0.15, 0.2) is 124 Å². The largest absolute Gasteiger partial charge is 0.494 e. The smallest absolute Gasteiger partial charge is 0.123 e. The summed E-state index contributed by atoms with van der Waals surface area (Å²) in [6, 6.07) is 36.6. The molecule has 93 heavy (non-hydrogen) atoms. The van der Waals surface area contributed by atoms with Crippen LogP contribution in [0.25, 0.3) is 0 Å². The average Bonchev–Trinajstić information content (AvgIpc) is 1.95. The van der Waals surface area contributed by atoms with Gasteiger partial charge in [0.15, 0.2) is 0 Å². The Morgan fingerprint density at radius 3 is 0.796 bits per heavy atom. The molecule has 20 heteroatoms. The second-order valence-electron chi connectivity index (χ2n) is 21.7. The van der Waals surface area contributed by atoms with Crippen LogP contribution in [0.5, 0.6) is 57.5 Å².